The van der Waals surface area contributed by atoms with Gasteiger partial charge in [-0.1, -0.05) is 130 Å². The lowest BCUT2D eigenvalue weighted by Gasteiger charge is -2.43. The van der Waals surface area contributed by atoms with Crippen molar-refractivity contribution in [2.24, 2.45) is 58.2 Å². The summed E-state index contributed by atoms with van der Waals surface area (Å²) in [5.41, 5.74) is 0.342. The van der Waals surface area contributed by atoms with Gasteiger partial charge in [0.15, 0.2) is 0 Å². The molecule has 2 aliphatic rings. The number of allylic oxidation sites excluding steroid dienone is 10. The topological polar surface area (TPSA) is 40.5 Å². The summed E-state index contributed by atoms with van der Waals surface area (Å²) in [5, 5.41) is 20.3. The van der Waals surface area contributed by atoms with Crippen molar-refractivity contribution in [1.82, 2.24) is 0 Å². The second-order valence-corrected chi connectivity index (χ2v) is 16.1. The summed E-state index contributed by atoms with van der Waals surface area (Å²) in [6, 6.07) is 0. The third kappa shape index (κ3) is 12.7. The minimum atomic E-state index is -0.141. The summed E-state index contributed by atoms with van der Waals surface area (Å²) < 4.78 is 0. The van der Waals surface area contributed by atoms with E-state index in [-0.39, 0.29) is 23.0 Å². The molecule has 2 nitrogen and oxygen atoms in total. The molecule has 0 aromatic heterocycles. The summed E-state index contributed by atoms with van der Waals surface area (Å²) >= 11 is 0. The van der Waals surface area contributed by atoms with Crippen molar-refractivity contribution in [2.45, 2.75) is 133 Å². The molecule has 10 atom stereocenters. The van der Waals surface area contributed by atoms with Gasteiger partial charge in [-0.15, -0.1) is 0 Å². The number of rotatable bonds is 14. The minimum absolute atomic E-state index is 0.141. The second kappa shape index (κ2) is 17.2. The molecule has 0 spiro atoms. The molecule has 42 heavy (non-hydrogen) atoms. The normalized spacial score (nSPS) is 33.2. The maximum Gasteiger partial charge on any atom is 0.0548 e. The van der Waals surface area contributed by atoms with E-state index in [9.17, 15) is 10.2 Å². The molecular weight excluding hydrogens is 512 g/mol. The molecular formula is C40H68O2. The molecule has 2 heteroatoms. The zero-order valence-electron chi connectivity index (χ0n) is 29.1. The first-order valence-corrected chi connectivity index (χ1v) is 17.3. The lowest BCUT2D eigenvalue weighted by Crippen LogP contribution is -2.38. The van der Waals surface area contributed by atoms with E-state index in [1.54, 1.807) is 0 Å². The highest BCUT2D eigenvalue weighted by Crippen LogP contribution is 2.46. The van der Waals surface area contributed by atoms with E-state index in [1.807, 2.05) is 0 Å². The number of aliphatic hydroxyl groups is 2. The molecule has 0 bridgehead atoms. The number of hydrogen-bond acceptors (Lipinski definition) is 2. The van der Waals surface area contributed by atoms with Gasteiger partial charge in [0.25, 0.3) is 0 Å². The van der Waals surface area contributed by atoms with Gasteiger partial charge < -0.3 is 10.2 Å². The third-order valence-corrected chi connectivity index (χ3v) is 10.3. The van der Waals surface area contributed by atoms with Crippen LogP contribution in [0.1, 0.15) is 121 Å². The molecule has 0 aliphatic heterocycles. The molecule has 2 aliphatic carbocycles. The Morgan fingerprint density at radius 1 is 0.548 bits per heavy atom. The summed E-state index contributed by atoms with van der Waals surface area (Å²) in [4.78, 5) is 0. The van der Waals surface area contributed by atoms with Crippen LogP contribution in [0.15, 0.2) is 60.8 Å². The van der Waals surface area contributed by atoms with Crippen molar-refractivity contribution in [3.05, 3.63) is 60.8 Å². The molecule has 2 rings (SSSR count). The largest absolute Gasteiger partial charge is 0.393 e. The molecule has 0 amide bonds. The van der Waals surface area contributed by atoms with Crippen molar-refractivity contribution in [2.75, 3.05) is 0 Å². The van der Waals surface area contributed by atoms with E-state index in [0.29, 0.717) is 47.3 Å². The van der Waals surface area contributed by atoms with Crippen LogP contribution in [-0.2, 0) is 0 Å². The lowest BCUT2D eigenvalue weighted by atomic mass is 9.63. The predicted molar refractivity (Wildman–Crippen MR) is 184 cm³/mol. The number of aliphatic hydroxyl groups excluding tert-OH is 2. The fourth-order valence-corrected chi connectivity index (χ4v) is 7.85. The quantitative estimate of drug-likeness (QED) is 0.201. The molecule has 2 fully saturated rings. The van der Waals surface area contributed by atoms with E-state index in [4.69, 9.17) is 0 Å². The van der Waals surface area contributed by atoms with Crippen LogP contribution in [0.3, 0.4) is 0 Å². The van der Waals surface area contributed by atoms with Gasteiger partial charge in [0.05, 0.1) is 12.2 Å². The Labute approximate surface area is 261 Å². The van der Waals surface area contributed by atoms with Crippen LogP contribution in [-0.4, -0.2) is 22.4 Å². The van der Waals surface area contributed by atoms with Crippen molar-refractivity contribution in [3.8, 4) is 0 Å². The first-order chi connectivity index (χ1) is 19.6. The maximum absolute atomic E-state index is 10.2. The summed E-state index contributed by atoms with van der Waals surface area (Å²) in [6.07, 6.45) is 31.7. The van der Waals surface area contributed by atoms with Gasteiger partial charge in [-0.2, -0.15) is 0 Å². The fraction of sp³-hybridized carbons (Fsp3) is 0.750. The fourth-order valence-electron chi connectivity index (χ4n) is 7.85. The molecule has 0 aromatic rings. The van der Waals surface area contributed by atoms with Gasteiger partial charge in [0.2, 0.25) is 0 Å². The van der Waals surface area contributed by atoms with E-state index in [1.165, 1.54) is 0 Å². The smallest absolute Gasteiger partial charge is 0.0548 e. The molecule has 0 heterocycles. The van der Waals surface area contributed by atoms with Crippen LogP contribution < -0.4 is 0 Å². The maximum atomic E-state index is 10.2. The van der Waals surface area contributed by atoms with Gasteiger partial charge in [0, 0.05) is 0 Å². The Bertz CT molecular complexity index is 844. The van der Waals surface area contributed by atoms with Gasteiger partial charge in [-0.3, -0.25) is 0 Å². The van der Waals surface area contributed by atoms with Crippen LogP contribution in [0.4, 0.5) is 0 Å². The van der Waals surface area contributed by atoms with E-state index < -0.39 is 0 Å². The minimum Gasteiger partial charge on any atom is -0.393 e. The number of hydrogen-bond donors (Lipinski definition) is 2. The average molecular weight is 581 g/mol. The Morgan fingerprint density at radius 2 is 0.857 bits per heavy atom. The van der Waals surface area contributed by atoms with Crippen LogP contribution in [0.25, 0.3) is 0 Å². The van der Waals surface area contributed by atoms with E-state index >= 15 is 0 Å². The lowest BCUT2D eigenvalue weighted by molar-refractivity contribution is 0.00711. The molecule has 0 saturated heterocycles. The molecule has 0 aromatic carbocycles. The molecule has 2 saturated carbocycles. The highest BCUT2D eigenvalue weighted by atomic mass is 16.3. The third-order valence-electron chi connectivity index (χ3n) is 10.3. The van der Waals surface area contributed by atoms with Gasteiger partial charge >= 0.3 is 0 Å². The average Bonchev–Trinajstić information content (AvgIpc) is 2.84. The van der Waals surface area contributed by atoms with E-state index in [0.717, 1.165) is 51.4 Å². The monoisotopic (exact) mass is 581 g/mol. The van der Waals surface area contributed by atoms with Crippen molar-refractivity contribution < 1.29 is 10.2 Å². The molecule has 240 valence electrons. The first-order valence-electron chi connectivity index (χ1n) is 17.3. The van der Waals surface area contributed by atoms with Gasteiger partial charge in [-0.05, 0) is 110 Å². The first kappa shape index (κ1) is 36.8. The summed E-state index contributed by atoms with van der Waals surface area (Å²) in [6.45, 7) is 23.1. The zero-order chi connectivity index (χ0) is 31.5. The van der Waals surface area contributed by atoms with E-state index in [2.05, 4.69) is 130 Å². The van der Waals surface area contributed by atoms with Crippen LogP contribution >= 0.6 is 0 Å². The van der Waals surface area contributed by atoms with Crippen LogP contribution in [0, 0.1) is 58.2 Å². The van der Waals surface area contributed by atoms with Crippen LogP contribution in [0.5, 0.6) is 0 Å². The van der Waals surface area contributed by atoms with Gasteiger partial charge in [0.1, 0.15) is 0 Å². The Kier molecular flexibility index (Phi) is 15.1. The Morgan fingerprint density at radius 3 is 1.19 bits per heavy atom. The predicted octanol–water partition coefficient (Wildman–Crippen LogP) is 10.7. The Hall–Kier alpha value is -1.38. The summed E-state index contributed by atoms with van der Waals surface area (Å²) in [7, 11) is 0. The molecule has 0 radical (unpaired) electrons. The van der Waals surface area contributed by atoms with Crippen molar-refractivity contribution >= 4 is 0 Å². The SMILES string of the molecule is C[C@H](/C=C/C[C@@H](C)/C=C/[C@H]1[C@H](C)C[C@H](O)CC1(C)C)C/C=C\C[C@@H](C)/C=C/C[C@@H](C)/C=C/[C@H]1[C@@H](C)C[C@H](O)CC1(C)C. The van der Waals surface area contributed by atoms with Crippen molar-refractivity contribution in [1.29, 1.82) is 0 Å². The van der Waals surface area contributed by atoms with Crippen LogP contribution in [0.2, 0.25) is 0 Å². The molecule has 2 N–H and O–H groups in total. The zero-order valence-corrected chi connectivity index (χ0v) is 29.1. The summed E-state index contributed by atoms with van der Waals surface area (Å²) in [5.74, 6) is 4.39. The highest BCUT2D eigenvalue weighted by molar-refractivity contribution is 5.06. The second-order valence-electron chi connectivity index (χ2n) is 16.1. The standard InChI is InChI=1S/C40H68O2/c1-29(17-13-19-31(3)21-23-37-33(5)25-35(41)27-39(37,7)8)15-11-12-16-30(2)18-14-20-32(4)22-24-38-34(6)26-36(42)28-40(38,9)10/h11-14,17-18,21-24,29-38,41-42H,15-16,19-20,25-28H2,1-10H3/b12-11-,17-13+,18-14+,23-21+,24-22+/t29-,30+,31-,32-,33+,34-,35+,36+,37+,38+/m1/s1. The Balaban J connectivity index is 1.66. The molecule has 0 unspecified atom stereocenters. The van der Waals surface area contributed by atoms with Gasteiger partial charge in [-0.25, -0.2) is 0 Å². The highest BCUT2D eigenvalue weighted by Gasteiger charge is 2.40. The van der Waals surface area contributed by atoms with Crippen molar-refractivity contribution in [3.63, 3.8) is 0 Å².